The van der Waals surface area contributed by atoms with Gasteiger partial charge in [-0.1, -0.05) is 27.5 Å². The molecule has 0 bridgehead atoms. The van der Waals surface area contributed by atoms with Crippen LogP contribution in [-0.2, 0) is 0 Å². The van der Waals surface area contributed by atoms with E-state index in [1.54, 1.807) is 25.1 Å². The molecule has 0 spiro atoms. The number of halogens is 2. The third-order valence-electron chi connectivity index (χ3n) is 1.72. The quantitative estimate of drug-likeness (QED) is 0.909. The van der Waals surface area contributed by atoms with Crippen molar-refractivity contribution in [2.45, 2.75) is 13.0 Å². The van der Waals surface area contributed by atoms with Crippen molar-refractivity contribution in [1.82, 2.24) is 5.32 Å². The number of carbonyl (C=O) groups is 1. The molecule has 1 unspecified atom stereocenters. The summed E-state index contributed by atoms with van der Waals surface area (Å²) in [6.07, 6.45) is 0. The van der Waals surface area contributed by atoms with Crippen LogP contribution in [0.25, 0.3) is 0 Å². The number of nitrogens with one attached hydrogen (secondary N) is 1. The van der Waals surface area contributed by atoms with Crippen molar-refractivity contribution in [3.05, 3.63) is 33.3 Å². The lowest BCUT2D eigenvalue weighted by molar-refractivity contribution is 0.0948. The molecule has 1 aromatic carbocycles. The SMILES string of the molecule is CC(C#N)NC(=O)c1ccc(Br)cc1Cl. The second-order valence-electron chi connectivity index (χ2n) is 2.95. The summed E-state index contributed by atoms with van der Waals surface area (Å²) in [7, 11) is 0. The van der Waals surface area contributed by atoms with Gasteiger partial charge in [0.15, 0.2) is 0 Å². The molecule has 0 aromatic heterocycles. The van der Waals surface area contributed by atoms with Gasteiger partial charge in [0, 0.05) is 4.47 Å². The van der Waals surface area contributed by atoms with E-state index in [9.17, 15) is 4.79 Å². The summed E-state index contributed by atoms with van der Waals surface area (Å²) in [5.41, 5.74) is 0.363. The fraction of sp³-hybridized carbons (Fsp3) is 0.200. The van der Waals surface area contributed by atoms with Crippen molar-refractivity contribution in [3.8, 4) is 6.07 Å². The lowest BCUT2D eigenvalue weighted by Gasteiger charge is -2.07. The Labute approximate surface area is 101 Å². The highest BCUT2D eigenvalue weighted by Gasteiger charge is 2.12. The van der Waals surface area contributed by atoms with E-state index in [4.69, 9.17) is 16.9 Å². The monoisotopic (exact) mass is 286 g/mol. The molecule has 0 heterocycles. The first-order chi connectivity index (χ1) is 7.04. The van der Waals surface area contributed by atoms with Gasteiger partial charge in [0.2, 0.25) is 0 Å². The number of nitrogens with zero attached hydrogens (tertiary/aromatic N) is 1. The highest BCUT2D eigenvalue weighted by molar-refractivity contribution is 9.10. The number of amides is 1. The van der Waals surface area contributed by atoms with Gasteiger partial charge < -0.3 is 5.32 Å². The number of carbonyl (C=O) groups excluding carboxylic acids is 1. The van der Waals surface area contributed by atoms with Gasteiger partial charge in [-0.2, -0.15) is 5.26 Å². The zero-order valence-corrected chi connectivity index (χ0v) is 10.3. The van der Waals surface area contributed by atoms with Crippen LogP contribution in [0.3, 0.4) is 0 Å². The van der Waals surface area contributed by atoms with Crippen molar-refractivity contribution in [1.29, 1.82) is 5.26 Å². The fourth-order valence-corrected chi connectivity index (χ4v) is 1.74. The van der Waals surface area contributed by atoms with Crippen LogP contribution in [0.1, 0.15) is 17.3 Å². The number of nitriles is 1. The summed E-state index contributed by atoms with van der Waals surface area (Å²) in [5, 5.41) is 11.4. The highest BCUT2D eigenvalue weighted by atomic mass is 79.9. The molecule has 0 radical (unpaired) electrons. The van der Waals surface area contributed by atoms with Crippen LogP contribution < -0.4 is 5.32 Å². The van der Waals surface area contributed by atoms with E-state index in [0.29, 0.717) is 10.6 Å². The van der Waals surface area contributed by atoms with Gasteiger partial charge in [0.25, 0.3) is 5.91 Å². The summed E-state index contributed by atoms with van der Waals surface area (Å²) >= 11 is 9.12. The van der Waals surface area contributed by atoms with Gasteiger partial charge >= 0.3 is 0 Å². The number of benzene rings is 1. The molecule has 15 heavy (non-hydrogen) atoms. The molecule has 0 aliphatic rings. The van der Waals surface area contributed by atoms with E-state index in [2.05, 4.69) is 21.2 Å². The first kappa shape index (κ1) is 12.0. The molecule has 0 saturated carbocycles. The minimum absolute atomic E-state index is 0.346. The number of hydrogen-bond acceptors (Lipinski definition) is 2. The van der Waals surface area contributed by atoms with Gasteiger partial charge in [-0.05, 0) is 25.1 Å². The Kier molecular flexibility index (Phi) is 4.13. The summed E-state index contributed by atoms with van der Waals surface area (Å²) in [5.74, 6) is -0.346. The highest BCUT2D eigenvalue weighted by Crippen LogP contribution is 2.21. The Morgan fingerprint density at radius 3 is 2.87 bits per heavy atom. The molecule has 1 rings (SSSR count). The summed E-state index contributed by atoms with van der Waals surface area (Å²) in [4.78, 5) is 11.6. The second-order valence-corrected chi connectivity index (χ2v) is 4.27. The summed E-state index contributed by atoms with van der Waals surface area (Å²) in [6, 6.07) is 6.34. The third kappa shape index (κ3) is 3.22. The first-order valence-electron chi connectivity index (χ1n) is 4.20. The Bertz CT molecular complexity index is 428. The second kappa shape index (κ2) is 5.15. The molecule has 1 aromatic rings. The average Bonchev–Trinajstić information content (AvgIpc) is 2.17. The molecular weight excluding hydrogens is 279 g/mol. The summed E-state index contributed by atoms with van der Waals surface area (Å²) < 4.78 is 0.803. The van der Waals surface area contributed by atoms with Crippen molar-refractivity contribution >= 4 is 33.4 Å². The minimum Gasteiger partial charge on any atom is -0.336 e. The van der Waals surface area contributed by atoms with Crippen LogP contribution in [0.2, 0.25) is 5.02 Å². The van der Waals surface area contributed by atoms with Gasteiger partial charge in [-0.25, -0.2) is 0 Å². The van der Waals surface area contributed by atoms with Crippen LogP contribution in [-0.4, -0.2) is 11.9 Å². The Morgan fingerprint density at radius 1 is 1.67 bits per heavy atom. The fourth-order valence-electron chi connectivity index (χ4n) is 0.980. The number of hydrogen-bond donors (Lipinski definition) is 1. The van der Waals surface area contributed by atoms with E-state index >= 15 is 0 Å². The molecule has 0 fully saturated rings. The molecule has 0 saturated heterocycles. The summed E-state index contributed by atoms with van der Waals surface area (Å²) in [6.45, 7) is 1.60. The molecule has 5 heteroatoms. The predicted octanol–water partition coefficient (Wildman–Crippen LogP) is 2.74. The lowest BCUT2D eigenvalue weighted by atomic mass is 10.2. The van der Waals surface area contributed by atoms with Crippen LogP contribution in [0.5, 0.6) is 0 Å². The normalized spacial score (nSPS) is 11.6. The molecule has 1 amide bonds. The van der Waals surface area contributed by atoms with Crippen LogP contribution in [0, 0.1) is 11.3 Å². The van der Waals surface area contributed by atoms with Crippen LogP contribution in [0.15, 0.2) is 22.7 Å². The maximum atomic E-state index is 11.6. The molecule has 1 atom stereocenters. The molecule has 78 valence electrons. The smallest absolute Gasteiger partial charge is 0.253 e. The van der Waals surface area contributed by atoms with Crippen molar-refractivity contribution in [3.63, 3.8) is 0 Å². The van der Waals surface area contributed by atoms with Crippen molar-refractivity contribution in [2.24, 2.45) is 0 Å². The van der Waals surface area contributed by atoms with E-state index in [0.717, 1.165) is 4.47 Å². The lowest BCUT2D eigenvalue weighted by Crippen LogP contribution is -2.31. The minimum atomic E-state index is -0.530. The predicted molar refractivity (Wildman–Crippen MR) is 61.7 cm³/mol. The zero-order valence-electron chi connectivity index (χ0n) is 7.92. The Hall–Kier alpha value is -1.05. The van der Waals surface area contributed by atoms with Gasteiger partial charge in [0.1, 0.15) is 6.04 Å². The molecule has 0 aliphatic heterocycles. The van der Waals surface area contributed by atoms with Gasteiger partial charge in [-0.15, -0.1) is 0 Å². The van der Waals surface area contributed by atoms with Crippen LogP contribution in [0.4, 0.5) is 0 Å². The molecule has 3 nitrogen and oxygen atoms in total. The molecule has 0 aliphatic carbocycles. The maximum absolute atomic E-state index is 11.6. The Balaban J connectivity index is 2.88. The third-order valence-corrected chi connectivity index (χ3v) is 2.52. The largest absolute Gasteiger partial charge is 0.336 e. The number of rotatable bonds is 2. The van der Waals surface area contributed by atoms with Crippen LogP contribution >= 0.6 is 27.5 Å². The van der Waals surface area contributed by atoms with Crippen molar-refractivity contribution < 1.29 is 4.79 Å². The molecule has 1 N–H and O–H groups in total. The van der Waals surface area contributed by atoms with Crippen molar-refractivity contribution in [2.75, 3.05) is 0 Å². The zero-order chi connectivity index (χ0) is 11.4. The Morgan fingerprint density at radius 2 is 2.33 bits per heavy atom. The standard InChI is InChI=1S/C10H8BrClN2O/c1-6(5-13)14-10(15)8-3-2-7(11)4-9(8)12/h2-4,6H,1H3,(H,14,15). The van der Waals surface area contributed by atoms with E-state index in [1.807, 2.05) is 6.07 Å². The first-order valence-corrected chi connectivity index (χ1v) is 5.37. The van der Waals surface area contributed by atoms with E-state index in [-0.39, 0.29) is 5.91 Å². The van der Waals surface area contributed by atoms with Gasteiger partial charge in [0.05, 0.1) is 16.7 Å². The average molecular weight is 288 g/mol. The molecular formula is C10H8BrClN2O. The topological polar surface area (TPSA) is 52.9 Å². The van der Waals surface area contributed by atoms with E-state index in [1.165, 1.54) is 0 Å². The van der Waals surface area contributed by atoms with Gasteiger partial charge in [-0.3, -0.25) is 4.79 Å². The van der Waals surface area contributed by atoms with E-state index < -0.39 is 6.04 Å². The maximum Gasteiger partial charge on any atom is 0.253 e.